The van der Waals surface area contributed by atoms with Crippen LogP contribution in [0.1, 0.15) is 5.56 Å². The van der Waals surface area contributed by atoms with E-state index in [9.17, 15) is 14.4 Å². The summed E-state index contributed by atoms with van der Waals surface area (Å²) in [5.41, 5.74) is 0.609. The van der Waals surface area contributed by atoms with Crippen molar-refractivity contribution < 1.29 is 29.7 Å². The maximum absolute atomic E-state index is 11.3. The molecule has 1 rings (SSSR count). The number of carbonyl (C=O) groups is 3. The molecule has 0 saturated heterocycles. The van der Waals surface area contributed by atoms with Gasteiger partial charge in [0.05, 0.1) is 0 Å². The molecular weight excluding hydrogens is 266 g/mol. The Labute approximate surface area is 114 Å². The predicted molar refractivity (Wildman–Crippen MR) is 68.2 cm³/mol. The Kier molecular flexibility index (Phi) is 5.28. The van der Waals surface area contributed by atoms with E-state index in [-0.39, 0.29) is 12.2 Å². The molecule has 0 bridgehead atoms. The highest BCUT2D eigenvalue weighted by Crippen LogP contribution is 2.11. The zero-order chi connectivity index (χ0) is 15.1. The maximum atomic E-state index is 11.3. The van der Waals surface area contributed by atoms with Crippen molar-refractivity contribution in [2.75, 3.05) is 0 Å². The number of hydrogen-bond acceptors (Lipinski definition) is 4. The maximum Gasteiger partial charge on any atom is 0.328 e. The Morgan fingerprint density at radius 1 is 1.10 bits per heavy atom. The molecule has 0 aliphatic carbocycles. The number of hydrogen-bond donors (Lipinski definition) is 4. The lowest BCUT2D eigenvalue weighted by Gasteiger charge is -2.13. The second kappa shape index (κ2) is 6.93. The van der Waals surface area contributed by atoms with Crippen molar-refractivity contribution in [3.8, 4) is 5.75 Å². The molecule has 0 aromatic heterocycles. The van der Waals surface area contributed by atoms with Gasteiger partial charge in [-0.2, -0.15) is 0 Å². The highest BCUT2D eigenvalue weighted by molar-refractivity contribution is 5.95. The van der Waals surface area contributed by atoms with Crippen LogP contribution >= 0.6 is 0 Å². The van der Waals surface area contributed by atoms with Crippen molar-refractivity contribution in [3.05, 3.63) is 42.0 Å². The van der Waals surface area contributed by atoms with Crippen LogP contribution in [0.5, 0.6) is 5.75 Å². The standard InChI is InChI=1S/C13H13NO6/c15-9-3-1-8(2-4-9)7-10(13(19)20)14-11(16)5-6-12(17)18/h1-6,10,15H,7H2,(H,14,16)(H,17,18)(H,19,20)/b6-5+/t10-/m0/s1. The second-order valence-electron chi connectivity index (χ2n) is 3.94. The lowest BCUT2D eigenvalue weighted by Crippen LogP contribution is -2.41. The van der Waals surface area contributed by atoms with Crippen LogP contribution in [0, 0.1) is 0 Å². The van der Waals surface area contributed by atoms with Crippen LogP contribution in [0.2, 0.25) is 0 Å². The quantitative estimate of drug-likeness (QED) is 0.549. The molecule has 0 aliphatic rings. The van der Waals surface area contributed by atoms with Crippen molar-refractivity contribution in [1.82, 2.24) is 5.32 Å². The van der Waals surface area contributed by atoms with Gasteiger partial charge in [0, 0.05) is 18.6 Å². The normalized spacial score (nSPS) is 12.0. The summed E-state index contributed by atoms with van der Waals surface area (Å²) < 4.78 is 0. The topological polar surface area (TPSA) is 124 Å². The zero-order valence-corrected chi connectivity index (χ0v) is 10.3. The molecule has 106 valence electrons. The number of carboxylic acid groups (broad SMARTS) is 2. The summed E-state index contributed by atoms with van der Waals surface area (Å²) in [5, 5.41) is 28.7. The van der Waals surface area contributed by atoms with Crippen molar-refractivity contribution >= 4 is 17.8 Å². The Balaban J connectivity index is 2.70. The summed E-state index contributed by atoms with van der Waals surface area (Å²) >= 11 is 0. The number of aliphatic carboxylic acids is 2. The molecule has 7 heteroatoms. The third kappa shape index (κ3) is 5.21. The fraction of sp³-hybridized carbons (Fsp3) is 0.154. The van der Waals surface area contributed by atoms with Crippen LogP contribution in [0.15, 0.2) is 36.4 Å². The van der Waals surface area contributed by atoms with E-state index in [4.69, 9.17) is 15.3 Å². The summed E-state index contributed by atoms with van der Waals surface area (Å²) in [6, 6.07) is 4.68. The van der Waals surface area contributed by atoms with E-state index >= 15 is 0 Å². The van der Waals surface area contributed by atoms with Crippen LogP contribution in [0.25, 0.3) is 0 Å². The molecule has 20 heavy (non-hydrogen) atoms. The number of amides is 1. The molecule has 1 aromatic carbocycles. The third-order valence-corrected chi connectivity index (χ3v) is 2.37. The SMILES string of the molecule is O=C(O)/C=C/C(=O)N[C@@H](Cc1ccc(O)cc1)C(=O)O. The minimum Gasteiger partial charge on any atom is -0.508 e. The van der Waals surface area contributed by atoms with Gasteiger partial charge in [-0.05, 0) is 17.7 Å². The van der Waals surface area contributed by atoms with E-state index in [0.717, 1.165) is 6.08 Å². The summed E-state index contributed by atoms with van der Waals surface area (Å²) in [7, 11) is 0. The van der Waals surface area contributed by atoms with Crippen LogP contribution in [-0.4, -0.2) is 39.2 Å². The molecule has 0 saturated carbocycles. The Hall–Kier alpha value is -2.83. The second-order valence-corrected chi connectivity index (χ2v) is 3.94. The molecular formula is C13H13NO6. The summed E-state index contributed by atoms with van der Waals surface area (Å²) in [4.78, 5) is 32.6. The summed E-state index contributed by atoms with van der Waals surface area (Å²) in [6.45, 7) is 0. The zero-order valence-electron chi connectivity index (χ0n) is 10.3. The number of carboxylic acids is 2. The summed E-state index contributed by atoms with van der Waals surface area (Å²) in [5.74, 6) is -3.30. The average molecular weight is 279 g/mol. The molecule has 4 N–H and O–H groups in total. The van der Waals surface area contributed by atoms with Crippen molar-refractivity contribution in [3.63, 3.8) is 0 Å². The Morgan fingerprint density at radius 2 is 1.70 bits per heavy atom. The van der Waals surface area contributed by atoms with E-state index in [1.807, 2.05) is 0 Å². The monoisotopic (exact) mass is 279 g/mol. The molecule has 0 aliphatic heterocycles. The number of phenols is 1. The van der Waals surface area contributed by atoms with Gasteiger partial charge in [0.25, 0.3) is 0 Å². The number of benzene rings is 1. The van der Waals surface area contributed by atoms with Crippen LogP contribution < -0.4 is 5.32 Å². The molecule has 0 unspecified atom stereocenters. The van der Waals surface area contributed by atoms with Crippen LogP contribution in [0.3, 0.4) is 0 Å². The van der Waals surface area contributed by atoms with Gasteiger partial charge in [-0.25, -0.2) is 9.59 Å². The van der Waals surface area contributed by atoms with Crippen LogP contribution in [0.4, 0.5) is 0 Å². The minimum absolute atomic E-state index is 0.0161. The van der Waals surface area contributed by atoms with E-state index in [0.29, 0.717) is 11.6 Å². The predicted octanol–water partition coefficient (Wildman–Crippen LogP) is 0.145. The smallest absolute Gasteiger partial charge is 0.328 e. The first-order valence-electron chi connectivity index (χ1n) is 5.60. The van der Waals surface area contributed by atoms with Gasteiger partial charge in [-0.1, -0.05) is 12.1 Å². The molecule has 0 fully saturated rings. The van der Waals surface area contributed by atoms with Crippen molar-refractivity contribution in [2.24, 2.45) is 0 Å². The van der Waals surface area contributed by atoms with E-state index in [2.05, 4.69) is 5.32 Å². The van der Waals surface area contributed by atoms with Crippen molar-refractivity contribution in [1.29, 1.82) is 0 Å². The number of phenolic OH excluding ortho intramolecular Hbond substituents is 1. The molecule has 0 spiro atoms. The molecule has 1 amide bonds. The van der Waals surface area contributed by atoms with E-state index in [1.54, 1.807) is 0 Å². The number of aromatic hydroxyl groups is 1. The number of carbonyl (C=O) groups excluding carboxylic acids is 1. The van der Waals surface area contributed by atoms with Gasteiger partial charge in [0.2, 0.25) is 5.91 Å². The fourth-order valence-corrected chi connectivity index (χ4v) is 1.43. The molecule has 1 atom stereocenters. The molecule has 7 nitrogen and oxygen atoms in total. The van der Waals surface area contributed by atoms with Crippen LogP contribution in [-0.2, 0) is 20.8 Å². The first-order chi connectivity index (χ1) is 9.38. The molecule has 0 radical (unpaired) electrons. The average Bonchev–Trinajstić information content (AvgIpc) is 2.38. The van der Waals surface area contributed by atoms with Gasteiger partial charge in [-0.15, -0.1) is 0 Å². The Morgan fingerprint density at radius 3 is 2.20 bits per heavy atom. The van der Waals surface area contributed by atoms with Gasteiger partial charge in [-0.3, -0.25) is 4.79 Å². The van der Waals surface area contributed by atoms with Gasteiger partial charge < -0.3 is 20.6 Å². The third-order valence-electron chi connectivity index (χ3n) is 2.37. The van der Waals surface area contributed by atoms with Crippen molar-refractivity contribution in [2.45, 2.75) is 12.5 Å². The number of rotatable bonds is 6. The highest BCUT2D eigenvalue weighted by Gasteiger charge is 2.19. The first-order valence-corrected chi connectivity index (χ1v) is 5.60. The van der Waals surface area contributed by atoms with Gasteiger partial charge in [0.15, 0.2) is 0 Å². The summed E-state index contributed by atoms with van der Waals surface area (Å²) in [6.07, 6.45) is 1.38. The Bertz CT molecular complexity index is 534. The highest BCUT2D eigenvalue weighted by atomic mass is 16.4. The van der Waals surface area contributed by atoms with Gasteiger partial charge in [0.1, 0.15) is 11.8 Å². The van der Waals surface area contributed by atoms with E-state index in [1.165, 1.54) is 24.3 Å². The number of nitrogens with one attached hydrogen (secondary N) is 1. The minimum atomic E-state index is -1.30. The first kappa shape index (κ1) is 15.2. The molecule has 0 heterocycles. The van der Waals surface area contributed by atoms with Gasteiger partial charge >= 0.3 is 11.9 Å². The lowest BCUT2D eigenvalue weighted by atomic mass is 10.1. The largest absolute Gasteiger partial charge is 0.508 e. The fourth-order valence-electron chi connectivity index (χ4n) is 1.43. The molecule has 1 aromatic rings. The van der Waals surface area contributed by atoms with E-state index < -0.39 is 23.9 Å². The lowest BCUT2D eigenvalue weighted by molar-refractivity contribution is -0.141.